The largest absolute Gasteiger partial charge is 0.493 e. The summed E-state index contributed by atoms with van der Waals surface area (Å²) in [6.07, 6.45) is -1.70. The number of rotatable bonds is 7. The molecule has 1 aliphatic heterocycles. The van der Waals surface area contributed by atoms with Gasteiger partial charge in [-0.3, -0.25) is 10.2 Å². The van der Waals surface area contributed by atoms with E-state index in [9.17, 15) is 22.4 Å². The Morgan fingerprint density at radius 2 is 2.03 bits per heavy atom. The number of aromatic amines is 1. The van der Waals surface area contributed by atoms with Gasteiger partial charge in [-0.1, -0.05) is 26.8 Å². The Bertz CT molecular complexity index is 1260. The predicted octanol–water partition coefficient (Wildman–Crippen LogP) is 4.18. The molecule has 1 aliphatic rings. The van der Waals surface area contributed by atoms with Gasteiger partial charge in [0.25, 0.3) is 5.91 Å². The summed E-state index contributed by atoms with van der Waals surface area (Å²) in [6.45, 7) is 5.03. The number of hydrazine groups is 1. The van der Waals surface area contributed by atoms with Crippen molar-refractivity contribution in [2.45, 2.75) is 38.4 Å². The second-order valence-corrected chi connectivity index (χ2v) is 8.37. The monoisotopic (exact) mass is 751 g/mol. The number of aromatic nitrogens is 3. The Morgan fingerprint density at radius 1 is 1.31 bits per heavy atom. The number of ether oxygens (including phenoxy) is 2. The number of fused-ring (bicyclic) bond motifs is 1. The minimum absolute atomic E-state index is 0. The molecule has 200 valence electrons. The van der Waals surface area contributed by atoms with Crippen molar-refractivity contribution in [3.8, 4) is 5.75 Å². The quantitative estimate of drug-likeness (QED) is 0.191. The zero-order chi connectivity index (χ0) is 25.5. The van der Waals surface area contributed by atoms with Gasteiger partial charge in [0.05, 0.1) is 12.6 Å². The van der Waals surface area contributed by atoms with Crippen LogP contribution in [0.5, 0.6) is 5.75 Å². The maximum Gasteiger partial charge on any atom is 0.286 e. The molecule has 4 rings (SSSR count). The van der Waals surface area contributed by atoms with Crippen LogP contribution in [0.2, 0.25) is 0 Å². The number of H-pyrrole nitrogens is 1. The molecular weight excluding hydrogens is 727 g/mol. The third kappa shape index (κ3) is 4.07. The molecule has 0 aliphatic carbocycles. The minimum Gasteiger partial charge on any atom is -0.493 e. The van der Waals surface area contributed by atoms with Gasteiger partial charge in [-0.25, -0.2) is 19.8 Å². The number of hydrogen-bond donors (Lipinski definition) is 3. The number of amides is 1. The van der Waals surface area contributed by atoms with E-state index >= 15 is 0 Å². The average molecular weight is 751 g/mol. The van der Waals surface area contributed by atoms with E-state index in [0.717, 1.165) is 6.07 Å². The summed E-state index contributed by atoms with van der Waals surface area (Å²) in [5, 5.41) is 0. The van der Waals surface area contributed by atoms with Crippen LogP contribution in [0.3, 0.4) is 0 Å². The number of nitrogens with zero attached hydrogens (tertiary/aromatic N) is 2. The molecule has 0 saturated carbocycles. The van der Waals surface area contributed by atoms with Gasteiger partial charge >= 0.3 is 0 Å². The van der Waals surface area contributed by atoms with Crippen molar-refractivity contribution in [1.29, 1.82) is 0 Å². The van der Waals surface area contributed by atoms with Crippen molar-refractivity contribution < 1.29 is 31.8 Å². The van der Waals surface area contributed by atoms with Gasteiger partial charge in [-0.15, -0.1) is 0 Å². The standard InChI is InChI=1S/C23H24F4N5O3.Fm/c1-5-29-32-21(33)17-16-13(8-9-28-17)30-20(31-16)19-14(10(2)23(3,35-19)22(26)27)11-6-7-12(24)15(25)18(11)34-4;/h6-10,14,19,29H,5H2,1-4H3,(H,30,31)(H,32,33);/q-1;/t10-,14-,19+,23+;/m0./s1. The van der Waals surface area contributed by atoms with E-state index < -0.39 is 53.3 Å². The number of methoxy groups -OCH3 is 1. The van der Waals surface area contributed by atoms with Crippen molar-refractivity contribution >= 4 is 16.9 Å². The molecule has 0 spiro atoms. The molecule has 4 atom stereocenters. The van der Waals surface area contributed by atoms with Crippen molar-refractivity contribution in [3.05, 3.63) is 59.5 Å². The molecule has 0 bridgehead atoms. The summed E-state index contributed by atoms with van der Waals surface area (Å²) in [4.78, 5) is 24.1. The van der Waals surface area contributed by atoms with E-state index in [0.29, 0.717) is 12.1 Å². The average Bonchev–Trinajstić information content (AvgIpc) is 3.38. The first-order chi connectivity index (χ1) is 16.6. The first-order valence-corrected chi connectivity index (χ1v) is 10.9. The molecule has 36 heavy (non-hydrogen) atoms. The van der Waals surface area contributed by atoms with E-state index in [1.54, 1.807) is 13.0 Å². The van der Waals surface area contributed by atoms with E-state index in [4.69, 9.17) is 9.47 Å². The molecule has 1 aromatic carbocycles. The normalized spacial score (nSPS) is 23.6. The van der Waals surface area contributed by atoms with Gasteiger partial charge in [0.15, 0.2) is 17.3 Å². The summed E-state index contributed by atoms with van der Waals surface area (Å²) >= 11 is 0. The molecule has 0 unspecified atom stereocenters. The Balaban J connectivity index is 0.00000361. The van der Waals surface area contributed by atoms with Gasteiger partial charge in [0.1, 0.15) is 17.4 Å². The molecule has 1 fully saturated rings. The summed E-state index contributed by atoms with van der Waals surface area (Å²) in [5.41, 5.74) is 3.93. The van der Waals surface area contributed by atoms with Crippen molar-refractivity contribution in [1.82, 2.24) is 25.8 Å². The number of carbonyl (C=O) groups excluding carboxylic acids is 1. The van der Waals surface area contributed by atoms with Crippen LogP contribution in [0.15, 0.2) is 24.4 Å². The number of imidazole rings is 1. The maximum absolute atomic E-state index is 14.6. The van der Waals surface area contributed by atoms with E-state index in [-0.39, 0.29) is 22.6 Å². The number of pyridine rings is 1. The molecular formula is C23H24F4FmN5O3-. The second-order valence-electron chi connectivity index (χ2n) is 8.37. The van der Waals surface area contributed by atoms with E-state index in [1.807, 2.05) is 0 Å². The molecule has 2 aromatic heterocycles. The summed E-state index contributed by atoms with van der Waals surface area (Å²) in [7, 11) is 1.17. The Hall–Kier alpha value is -4.25. The van der Waals surface area contributed by atoms with Crippen LogP contribution in [0.25, 0.3) is 11.0 Å². The molecule has 13 heteroatoms. The zero-order valence-corrected chi connectivity index (χ0v) is 22.1. The number of carbonyl (C=O) groups is 1. The molecule has 3 N–H and O–H groups in total. The first-order valence-electron chi connectivity index (χ1n) is 10.9. The predicted molar refractivity (Wildman–Crippen MR) is 118 cm³/mol. The number of halogens is 4. The number of benzene rings is 1. The van der Waals surface area contributed by atoms with Crippen LogP contribution in [-0.2, 0) is 4.74 Å². The van der Waals surface area contributed by atoms with E-state index in [1.165, 1.54) is 33.2 Å². The SMILES string of the molecule is CCNNC(=O)c1nccc2[nH]c([C@@H]3O[C@@](C)([C-](F)F)[C@@H](C)[C@H]3c3ccc(F)c(F)c3OC)nc12.[Fm]. The Morgan fingerprint density at radius 3 is 2.67 bits per heavy atom. The van der Waals surface area contributed by atoms with Crippen molar-refractivity contribution in [2.75, 3.05) is 13.7 Å². The van der Waals surface area contributed by atoms with Crippen LogP contribution < -0.4 is 15.6 Å². The van der Waals surface area contributed by atoms with Crippen molar-refractivity contribution in [3.63, 3.8) is 0 Å². The third-order valence-electron chi connectivity index (χ3n) is 6.41. The fourth-order valence-electron chi connectivity index (χ4n) is 4.42. The fourth-order valence-corrected chi connectivity index (χ4v) is 4.42. The Kier molecular flexibility index (Phi) is 7.16. The van der Waals surface area contributed by atoms with Crippen LogP contribution in [0.4, 0.5) is 17.6 Å². The molecule has 8 nitrogen and oxygen atoms in total. The summed E-state index contributed by atoms with van der Waals surface area (Å²) in [6, 6.07) is 3.77. The van der Waals surface area contributed by atoms with Crippen LogP contribution in [0, 0.1) is 24.0 Å². The minimum atomic E-state index is -2.01. The Labute approximate surface area is 198 Å². The van der Waals surface area contributed by atoms with E-state index in [2.05, 4.69) is 25.8 Å². The van der Waals surface area contributed by atoms with Crippen LogP contribution >= 0.6 is 0 Å². The van der Waals surface area contributed by atoms with Gasteiger partial charge in [0, 0.05) is 36.2 Å². The zero-order valence-electron chi connectivity index (χ0n) is 19.7. The topological polar surface area (TPSA) is 101 Å². The first kappa shape index (κ1) is 26.4. The molecule has 0 radical (unpaired) electrons. The van der Waals surface area contributed by atoms with Crippen LogP contribution in [-0.4, -0.2) is 40.1 Å². The van der Waals surface area contributed by atoms with Crippen molar-refractivity contribution in [2.24, 2.45) is 5.92 Å². The third-order valence-corrected chi connectivity index (χ3v) is 6.41. The number of hydrogen-bond acceptors (Lipinski definition) is 6. The fraction of sp³-hybridized carbons (Fsp3) is 0.391. The van der Waals surface area contributed by atoms with Gasteiger partial charge < -0.3 is 23.2 Å². The second kappa shape index (κ2) is 9.78. The molecule has 1 amide bonds. The molecule has 3 heterocycles. The summed E-state index contributed by atoms with van der Waals surface area (Å²) in [5.74, 6) is -4.97. The number of nitrogens with one attached hydrogen (secondary N) is 3. The molecule has 3 aromatic rings. The van der Waals surface area contributed by atoms with Crippen LogP contribution in [0.1, 0.15) is 54.7 Å². The molecule has 1 saturated heterocycles. The maximum atomic E-state index is 14.6. The summed E-state index contributed by atoms with van der Waals surface area (Å²) < 4.78 is 67.6. The van der Waals surface area contributed by atoms with Gasteiger partial charge in [0.2, 0.25) is 5.82 Å². The smallest absolute Gasteiger partial charge is 0.286 e. The van der Waals surface area contributed by atoms with Gasteiger partial charge in [-0.05, 0) is 18.1 Å². The van der Waals surface area contributed by atoms with Gasteiger partial charge in [-0.2, -0.15) is 4.39 Å².